The number of hydrogen-bond acceptors (Lipinski definition) is 2. The first kappa shape index (κ1) is 6.94. The molecule has 0 unspecified atom stereocenters. The normalized spacial score (nSPS) is 16.5. The van der Waals surface area contributed by atoms with Gasteiger partial charge in [-0.25, -0.2) is 4.79 Å². The summed E-state index contributed by atoms with van der Waals surface area (Å²) in [7, 11) is 0. The second-order valence-electron chi connectivity index (χ2n) is 1.23. The lowest BCUT2D eigenvalue weighted by atomic mass is 10.7. The van der Waals surface area contributed by atoms with Crippen molar-refractivity contribution in [3.8, 4) is 0 Å². The van der Waals surface area contributed by atoms with Crippen LogP contribution < -0.4 is 10.6 Å². The van der Waals surface area contributed by atoms with Crippen molar-refractivity contribution in [2.24, 2.45) is 0 Å². The lowest BCUT2D eigenvalue weighted by Gasteiger charge is -1.78. The second kappa shape index (κ2) is 2.30. The summed E-state index contributed by atoms with van der Waals surface area (Å²) < 4.78 is 0. The molecule has 0 atom stereocenters. The summed E-state index contributed by atoms with van der Waals surface area (Å²) in [5, 5.41) is 4.30. The summed E-state index contributed by atoms with van der Waals surface area (Å²) in [5.74, 6) is -0.259. The Morgan fingerprint density at radius 1 is 1.38 bits per heavy atom. The van der Waals surface area contributed by atoms with Crippen LogP contribution in [0.1, 0.15) is 7.43 Å². The quantitative estimate of drug-likeness (QED) is 0.418. The average Bonchev–Trinajstić information content (AvgIpc) is 1.87. The molecule has 0 aromatic carbocycles. The number of amides is 3. The molecule has 2 N–H and O–H groups in total. The third kappa shape index (κ3) is 1.22. The summed E-state index contributed by atoms with van der Waals surface area (Å²) in [4.78, 5) is 20.1. The minimum absolute atomic E-state index is 0. The summed E-state index contributed by atoms with van der Waals surface area (Å²) in [5.41, 5.74) is 0. The van der Waals surface area contributed by atoms with Gasteiger partial charge in [-0.05, 0) is 0 Å². The zero-order valence-corrected chi connectivity index (χ0v) is 3.52. The third-order valence-electron chi connectivity index (χ3n) is 0.662. The number of carbonyl (C=O) groups excluding carboxylic acids is 2. The number of rotatable bonds is 0. The Morgan fingerprint density at radius 2 is 2.00 bits per heavy atom. The van der Waals surface area contributed by atoms with Crippen molar-refractivity contribution < 1.29 is 9.59 Å². The predicted octanol–water partition coefficient (Wildman–Crippen LogP) is -0.538. The summed E-state index contributed by atoms with van der Waals surface area (Å²) >= 11 is 0. The molecule has 1 aliphatic rings. The molecule has 0 saturated carbocycles. The molecule has 1 rings (SSSR count). The van der Waals surface area contributed by atoms with E-state index >= 15 is 0 Å². The molecule has 0 bridgehead atoms. The van der Waals surface area contributed by atoms with Crippen molar-refractivity contribution in [2.45, 2.75) is 7.43 Å². The van der Waals surface area contributed by atoms with Crippen LogP contribution in [0.15, 0.2) is 0 Å². The van der Waals surface area contributed by atoms with E-state index in [1.807, 2.05) is 5.32 Å². The van der Waals surface area contributed by atoms with Gasteiger partial charge in [-0.2, -0.15) is 0 Å². The molecule has 0 spiro atoms. The molecule has 1 saturated heterocycles. The maximum atomic E-state index is 10.1. The van der Waals surface area contributed by atoms with E-state index in [9.17, 15) is 9.59 Å². The molecule has 0 aromatic heterocycles. The van der Waals surface area contributed by atoms with Gasteiger partial charge in [0.15, 0.2) is 0 Å². The van der Waals surface area contributed by atoms with Gasteiger partial charge in [0.25, 0.3) is 0 Å². The number of hydrogen-bond donors (Lipinski definition) is 2. The molecule has 0 radical (unpaired) electrons. The van der Waals surface area contributed by atoms with Crippen LogP contribution in [0.2, 0.25) is 0 Å². The van der Waals surface area contributed by atoms with E-state index in [2.05, 4.69) is 5.32 Å². The SMILES string of the molecule is C.O=C1CNC(=O)N1. The average molecular weight is 116 g/mol. The fourth-order valence-electron chi connectivity index (χ4n) is 0.376. The van der Waals surface area contributed by atoms with Gasteiger partial charge in [0.05, 0.1) is 6.54 Å². The van der Waals surface area contributed by atoms with E-state index in [1.54, 1.807) is 0 Å². The Morgan fingerprint density at radius 3 is 2.12 bits per heavy atom. The molecule has 1 fully saturated rings. The van der Waals surface area contributed by atoms with Gasteiger partial charge in [0, 0.05) is 0 Å². The van der Waals surface area contributed by atoms with Gasteiger partial charge in [-0.15, -0.1) is 0 Å². The second-order valence-corrected chi connectivity index (χ2v) is 1.23. The van der Waals surface area contributed by atoms with Crippen LogP contribution in [-0.4, -0.2) is 18.5 Å². The van der Waals surface area contributed by atoms with Crippen molar-refractivity contribution >= 4 is 11.9 Å². The van der Waals surface area contributed by atoms with Crippen molar-refractivity contribution in [3.63, 3.8) is 0 Å². The van der Waals surface area contributed by atoms with Gasteiger partial charge in [-0.1, -0.05) is 7.43 Å². The van der Waals surface area contributed by atoms with Crippen LogP contribution in [-0.2, 0) is 4.79 Å². The number of imide groups is 1. The summed E-state index contributed by atoms with van der Waals surface area (Å²) in [6.07, 6.45) is 0. The topological polar surface area (TPSA) is 58.2 Å². The maximum Gasteiger partial charge on any atom is 0.321 e. The largest absolute Gasteiger partial charge is 0.329 e. The van der Waals surface area contributed by atoms with E-state index in [-0.39, 0.29) is 19.9 Å². The summed E-state index contributed by atoms with van der Waals surface area (Å²) in [6.45, 7) is 0.124. The lowest BCUT2D eigenvalue weighted by Crippen LogP contribution is -2.22. The van der Waals surface area contributed by atoms with E-state index in [4.69, 9.17) is 0 Å². The van der Waals surface area contributed by atoms with Gasteiger partial charge >= 0.3 is 6.03 Å². The first-order valence-corrected chi connectivity index (χ1v) is 1.87. The van der Waals surface area contributed by atoms with Crippen LogP contribution >= 0.6 is 0 Å². The Balaban J connectivity index is 0.000000490. The Hall–Kier alpha value is -1.06. The number of urea groups is 1. The first-order valence-electron chi connectivity index (χ1n) is 1.87. The molecular formula is C4H8N2O2. The van der Waals surface area contributed by atoms with Crippen molar-refractivity contribution in [3.05, 3.63) is 0 Å². The van der Waals surface area contributed by atoms with Crippen molar-refractivity contribution in [2.75, 3.05) is 6.54 Å². The molecule has 0 aliphatic carbocycles. The smallest absolute Gasteiger partial charge is 0.321 e. The molecule has 4 nitrogen and oxygen atoms in total. The van der Waals surface area contributed by atoms with Crippen LogP contribution in [0.5, 0.6) is 0 Å². The molecule has 1 aliphatic heterocycles. The fourth-order valence-corrected chi connectivity index (χ4v) is 0.376. The van der Waals surface area contributed by atoms with Gasteiger partial charge in [0.2, 0.25) is 5.91 Å². The molecule has 0 aromatic rings. The first-order chi connectivity index (χ1) is 3.29. The van der Waals surface area contributed by atoms with E-state index in [0.29, 0.717) is 0 Å². The number of nitrogens with one attached hydrogen (secondary N) is 2. The zero-order chi connectivity index (χ0) is 5.28. The van der Waals surface area contributed by atoms with Gasteiger partial charge in [0.1, 0.15) is 0 Å². The van der Waals surface area contributed by atoms with Crippen LogP contribution in [0.3, 0.4) is 0 Å². The Bertz CT molecular complexity index is 107. The van der Waals surface area contributed by atoms with Gasteiger partial charge < -0.3 is 5.32 Å². The highest BCUT2D eigenvalue weighted by Gasteiger charge is 2.14. The molecule has 1 heterocycles. The minimum atomic E-state index is -0.398. The molecule has 4 heteroatoms. The standard InChI is InChI=1S/C3H4N2O2.CH4/c6-2-1-4-3(7)5-2;/h1H2,(H2,4,5,6,7);1H4. The van der Waals surface area contributed by atoms with Crippen molar-refractivity contribution in [1.82, 2.24) is 10.6 Å². The zero-order valence-electron chi connectivity index (χ0n) is 3.52. The molecule has 8 heavy (non-hydrogen) atoms. The van der Waals surface area contributed by atoms with Gasteiger partial charge in [-0.3, -0.25) is 10.1 Å². The highest BCUT2D eigenvalue weighted by Crippen LogP contribution is 1.73. The van der Waals surface area contributed by atoms with E-state index in [1.165, 1.54) is 0 Å². The highest BCUT2D eigenvalue weighted by atomic mass is 16.2. The summed E-state index contributed by atoms with van der Waals surface area (Å²) in [6, 6.07) is -0.398. The third-order valence-corrected chi connectivity index (χ3v) is 0.662. The molecular weight excluding hydrogens is 108 g/mol. The monoisotopic (exact) mass is 116 g/mol. The van der Waals surface area contributed by atoms with Crippen LogP contribution in [0.25, 0.3) is 0 Å². The molecule has 46 valence electrons. The lowest BCUT2D eigenvalue weighted by molar-refractivity contribution is -0.117. The van der Waals surface area contributed by atoms with Crippen LogP contribution in [0.4, 0.5) is 4.79 Å². The fraction of sp³-hybridized carbons (Fsp3) is 0.500. The predicted molar refractivity (Wildman–Crippen MR) is 28.3 cm³/mol. The Kier molecular flexibility index (Phi) is 1.99. The van der Waals surface area contributed by atoms with Crippen molar-refractivity contribution in [1.29, 1.82) is 0 Å². The van der Waals surface area contributed by atoms with E-state index in [0.717, 1.165) is 0 Å². The molecule has 3 amide bonds. The minimum Gasteiger partial charge on any atom is -0.329 e. The Labute approximate surface area is 47.3 Å². The maximum absolute atomic E-state index is 10.1. The van der Waals surface area contributed by atoms with E-state index < -0.39 is 6.03 Å². The van der Waals surface area contributed by atoms with Crippen LogP contribution in [0, 0.1) is 0 Å². The highest BCUT2D eigenvalue weighted by molar-refractivity contribution is 6.01. The number of carbonyl (C=O) groups is 2.